The first kappa shape index (κ1) is 13.5. The molecule has 0 spiro atoms. The van der Waals surface area contributed by atoms with E-state index in [1.54, 1.807) is 11.3 Å². The Bertz CT molecular complexity index is 584. The molecule has 2 aromatic heterocycles. The van der Waals surface area contributed by atoms with Gasteiger partial charge >= 0.3 is 0 Å². The van der Waals surface area contributed by atoms with E-state index in [4.69, 9.17) is 4.74 Å². The molecule has 0 radical (unpaired) electrons. The van der Waals surface area contributed by atoms with Crippen LogP contribution in [0.1, 0.15) is 22.7 Å². The number of anilines is 1. The number of rotatable bonds is 4. The van der Waals surface area contributed by atoms with Crippen LogP contribution in [0.15, 0.2) is 23.8 Å². The van der Waals surface area contributed by atoms with Gasteiger partial charge in [0.2, 0.25) is 0 Å². The number of hydrogen-bond donors (Lipinski definition) is 0. The van der Waals surface area contributed by atoms with Crippen molar-refractivity contribution in [3.63, 3.8) is 0 Å². The Morgan fingerprint density at radius 1 is 1.45 bits per heavy atom. The second-order valence-corrected chi connectivity index (χ2v) is 6.25. The minimum absolute atomic E-state index is 0.296. The van der Waals surface area contributed by atoms with E-state index in [1.165, 1.54) is 11.3 Å². The number of thiazole rings is 1. The van der Waals surface area contributed by atoms with E-state index < -0.39 is 0 Å². The first-order valence-corrected chi connectivity index (χ1v) is 7.78. The van der Waals surface area contributed by atoms with Crippen LogP contribution in [0.2, 0.25) is 0 Å². The number of pyridine rings is 1. The molecule has 2 aromatic rings. The van der Waals surface area contributed by atoms with Crippen molar-refractivity contribution in [3.8, 4) is 0 Å². The van der Waals surface area contributed by atoms with E-state index in [2.05, 4.69) is 33.2 Å². The summed E-state index contributed by atoms with van der Waals surface area (Å²) in [5.74, 6) is 0. The minimum Gasteiger partial charge on any atom is -0.370 e. The molecule has 4 nitrogen and oxygen atoms in total. The van der Waals surface area contributed by atoms with Crippen molar-refractivity contribution in [1.29, 1.82) is 0 Å². The zero-order valence-corrected chi connectivity index (χ0v) is 12.7. The van der Waals surface area contributed by atoms with Crippen molar-refractivity contribution in [3.05, 3.63) is 40.1 Å². The summed E-state index contributed by atoms with van der Waals surface area (Å²) >= 11 is 1.68. The third-order valence-corrected chi connectivity index (χ3v) is 4.43. The molecule has 1 aliphatic heterocycles. The van der Waals surface area contributed by atoms with E-state index >= 15 is 0 Å². The maximum atomic E-state index is 5.98. The van der Waals surface area contributed by atoms with Crippen molar-refractivity contribution in [1.82, 2.24) is 9.97 Å². The second-order valence-electron chi connectivity index (χ2n) is 5.19. The zero-order chi connectivity index (χ0) is 13.9. The van der Waals surface area contributed by atoms with Gasteiger partial charge in [0.05, 0.1) is 23.4 Å². The fraction of sp³-hybridized carbons (Fsp3) is 0.467. The van der Waals surface area contributed by atoms with Gasteiger partial charge in [0, 0.05) is 36.6 Å². The molecule has 0 bridgehead atoms. The third-order valence-electron chi connectivity index (χ3n) is 3.61. The average molecular weight is 289 g/mol. The number of aromatic nitrogens is 2. The van der Waals surface area contributed by atoms with Crippen LogP contribution >= 0.6 is 11.3 Å². The summed E-state index contributed by atoms with van der Waals surface area (Å²) in [7, 11) is 0. The fourth-order valence-corrected chi connectivity index (χ4v) is 3.18. The molecule has 5 heteroatoms. The molecule has 0 N–H and O–H groups in total. The molecule has 1 saturated heterocycles. The molecule has 3 rings (SSSR count). The summed E-state index contributed by atoms with van der Waals surface area (Å²) in [6.45, 7) is 6.75. The standard InChI is InChI=1S/C15H19N3OS/c1-11-7-16-5-3-15(11)18-6-4-14(8-18)19-9-13-10-20-12(2)17-13/h3,5,7,10,14H,4,6,8-9H2,1-2H3. The topological polar surface area (TPSA) is 38.2 Å². The average Bonchev–Trinajstić information content (AvgIpc) is 3.06. The smallest absolute Gasteiger partial charge is 0.0901 e. The lowest BCUT2D eigenvalue weighted by atomic mass is 10.2. The molecular formula is C15H19N3OS. The Balaban J connectivity index is 1.56. The lowest BCUT2D eigenvalue weighted by Crippen LogP contribution is -2.23. The predicted octanol–water partition coefficient (Wildman–Crippen LogP) is 2.95. The van der Waals surface area contributed by atoms with Crippen LogP contribution in [-0.4, -0.2) is 29.2 Å². The summed E-state index contributed by atoms with van der Waals surface area (Å²) < 4.78 is 5.98. The van der Waals surface area contributed by atoms with Crippen LogP contribution in [0.4, 0.5) is 5.69 Å². The van der Waals surface area contributed by atoms with Gasteiger partial charge in [-0.05, 0) is 31.9 Å². The molecule has 0 saturated carbocycles. The monoisotopic (exact) mass is 289 g/mol. The van der Waals surface area contributed by atoms with Crippen molar-refractivity contribution in [2.75, 3.05) is 18.0 Å². The van der Waals surface area contributed by atoms with Gasteiger partial charge in [-0.3, -0.25) is 4.98 Å². The van der Waals surface area contributed by atoms with Crippen molar-refractivity contribution < 1.29 is 4.74 Å². The predicted molar refractivity (Wildman–Crippen MR) is 81.2 cm³/mol. The van der Waals surface area contributed by atoms with E-state index in [1.807, 2.05) is 19.3 Å². The lowest BCUT2D eigenvalue weighted by Gasteiger charge is -2.20. The summed E-state index contributed by atoms with van der Waals surface area (Å²) in [6, 6.07) is 2.08. The van der Waals surface area contributed by atoms with Crippen LogP contribution in [0.5, 0.6) is 0 Å². The van der Waals surface area contributed by atoms with Gasteiger partial charge in [-0.2, -0.15) is 0 Å². The van der Waals surface area contributed by atoms with Crippen LogP contribution < -0.4 is 4.90 Å². The third kappa shape index (κ3) is 2.99. The van der Waals surface area contributed by atoms with Gasteiger partial charge in [0.25, 0.3) is 0 Å². The number of ether oxygens (including phenoxy) is 1. The van der Waals surface area contributed by atoms with Crippen LogP contribution in [0.3, 0.4) is 0 Å². The molecule has 0 aliphatic carbocycles. The zero-order valence-electron chi connectivity index (χ0n) is 11.9. The van der Waals surface area contributed by atoms with Crippen LogP contribution in [0, 0.1) is 13.8 Å². The highest BCUT2D eigenvalue weighted by Gasteiger charge is 2.24. The van der Waals surface area contributed by atoms with Gasteiger partial charge in [-0.1, -0.05) is 0 Å². The highest BCUT2D eigenvalue weighted by atomic mass is 32.1. The SMILES string of the molecule is Cc1nc(COC2CCN(c3ccncc3C)C2)cs1. The van der Waals surface area contributed by atoms with E-state index in [9.17, 15) is 0 Å². The summed E-state index contributed by atoms with van der Waals surface area (Å²) in [5.41, 5.74) is 3.55. The molecule has 1 fully saturated rings. The Morgan fingerprint density at radius 3 is 3.10 bits per heavy atom. The quantitative estimate of drug-likeness (QED) is 0.867. The lowest BCUT2D eigenvalue weighted by molar-refractivity contribution is 0.0536. The van der Waals surface area contributed by atoms with E-state index in [-0.39, 0.29) is 0 Å². The highest BCUT2D eigenvalue weighted by molar-refractivity contribution is 7.09. The Morgan fingerprint density at radius 2 is 2.35 bits per heavy atom. The van der Waals surface area contributed by atoms with Crippen molar-refractivity contribution in [2.45, 2.75) is 33.0 Å². The van der Waals surface area contributed by atoms with Crippen LogP contribution in [0.25, 0.3) is 0 Å². The second kappa shape index (κ2) is 5.89. The summed E-state index contributed by atoms with van der Waals surface area (Å²) in [6.07, 6.45) is 5.14. The van der Waals surface area contributed by atoms with Crippen molar-refractivity contribution >= 4 is 17.0 Å². The maximum Gasteiger partial charge on any atom is 0.0901 e. The first-order chi connectivity index (χ1) is 9.72. The molecule has 106 valence electrons. The molecule has 1 unspecified atom stereocenters. The molecule has 0 amide bonds. The fourth-order valence-electron chi connectivity index (χ4n) is 2.58. The van der Waals surface area contributed by atoms with E-state index in [0.717, 1.165) is 30.2 Å². The van der Waals surface area contributed by atoms with Gasteiger partial charge in [0.1, 0.15) is 0 Å². The van der Waals surface area contributed by atoms with Gasteiger partial charge in [-0.15, -0.1) is 11.3 Å². The van der Waals surface area contributed by atoms with Crippen LogP contribution in [-0.2, 0) is 11.3 Å². The molecule has 1 atom stereocenters. The molecule has 20 heavy (non-hydrogen) atoms. The number of aryl methyl sites for hydroxylation is 2. The Kier molecular flexibility index (Phi) is 3.98. The first-order valence-electron chi connectivity index (χ1n) is 6.90. The van der Waals surface area contributed by atoms with Gasteiger partial charge < -0.3 is 9.64 Å². The molecular weight excluding hydrogens is 270 g/mol. The minimum atomic E-state index is 0.296. The van der Waals surface area contributed by atoms with Gasteiger partial charge in [-0.25, -0.2) is 4.98 Å². The van der Waals surface area contributed by atoms with Gasteiger partial charge in [0.15, 0.2) is 0 Å². The summed E-state index contributed by atoms with van der Waals surface area (Å²) in [4.78, 5) is 11.0. The summed E-state index contributed by atoms with van der Waals surface area (Å²) in [5, 5.41) is 3.18. The van der Waals surface area contributed by atoms with E-state index in [0.29, 0.717) is 12.7 Å². The highest BCUT2D eigenvalue weighted by Crippen LogP contribution is 2.24. The molecule has 0 aromatic carbocycles. The van der Waals surface area contributed by atoms with Crippen molar-refractivity contribution in [2.24, 2.45) is 0 Å². The Hall–Kier alpha value is -1.46. The molecule has 3 heterocycles. The molecule has 1 aliphatic rings. The normalized spacial score (nSPS) is 18.7. The Labute approximate surface area is 123 Å². The number of hydrogen-bond acceptors (Lipinski definition) is 5. The largest absolute Gasteiger partial charge is 0.370 e. The number of nitrogens with zero attached hydrogens (tertiary/aromatic N) is 3. The maximum absolute atomic E-state index is 5.98.